The summed E-state index contributed by atoms with van der Waals surface area (Å²) in [5, 5.41) is 3.44. The summed E-state index contributed by atoms with van der Waals surface area (Å²) in [5.41, 5.74) is 0. The van der Waals surface area contributed by atoms with E-state index in [0.717, 1.165) is 32.8 Å². The van der Waals surface area contributed by atoms with Crippen LogP contribution in [0.25, 0.3) is 0 Å². The number of methoxy groups -OCH3 is 2. The summed E-state index contributed by atoms with van der Waals surface area (Å²) in [5.74, 6) is 0. The van der Waals surface area contributed by atoms with Crippen LogP contribution in [-0.4, -0.2) is 64.1 Å². The lowest BCUT2D eigenvalue weighted by molar-refractivity contribution is 0.0980. The average molecular weight is 232 g/mol. The van der Waals surface area contributed by atoms with Gasteiger partial charge in [0, 0.05) is 39.4 Å². The third kappa shape index (κ3) is 7.17. The van der Waals surface area contributed by atoms with Crippen LogP contribution in [0, 0.1) is 0 Å². The lowest BCUT2D eigenvalue weighted by Crippen LogP contribution is -2.47. The molecule has 0 radical (unpaired) electrons. The van der Waals surface area contributed by atoms with Crippen LogP contribution in [0.4, 0.5) is 0 Å². The van der Waals surface area contributed by atoms with Crippen LogP contribution in [0.5, 0.6) is 0 Å². The predicted octanol–water partition coefficient (Wildman–Crippen LogP) is 0.968. The van der Waals surface area contributed by atoms with E-state index in [0.29, 0.717) is 12.1 Å². The summed E-state index contributed by atoms with van der Waals surface area (Å²) < 4.78 is 10.4. The van der Waals surface area contributed by atoms with Crippen molar-refractivity contribution in [3.63, 3.8) is 0 Å². The number of nitrogens with one attached hydrogen (secondary N) is 1. The van der Waals surface area contributed by atoms with Gasteiger partial charge in [0.15, 0.2) is 0 Å². The van der Waals surface area contributed by atoms with Crippen molar-refractivity contribution in [3.05, 3.63) is 0 Å². The largest absolute Gasteiger partial charge is 0.383 e. The van der Waals surface area contributed by atoms with Crippen molar-refractivity contribution in [2.24, 2.45) is 0 Å². The Morgan fingerprint density at radius 1 is 1.19 bits per heavy atom. The van der Waals surface area contributed by atoms with E-state index in [1.54, 1.807) is 14.2 Å². The van der Waals surface area contributed by atoms with Gasteiger partial charge >= 0.3 is 0 Å². The molecule has 0 fully saturated rings. The molecular weight excluding hydrogens is 204 g/mol. The van der Waals surface area contributed by atoms with Gasteiger partial charge in [-0.15, -0.1) is 0 Å². The van der Waals surface area contributed by atoms with E-state index in [-0.39, 0.29) is 0 Å². The zero-order valence-electron chi connectivity index (χ0n) is 11.5. The molecule has 0 rings (SSSR count). The molecular formula is C12H28N2O2. The fraction of sp³-hybridized carbons (Fsp3) is 1.00. The van der Waals surface area contributed by atoms with Crippen LogP contribution < -0.4 is 5.32 Å². The third-order valence-electron chi connectivity index (χ3n) is 2.63. The summed E-state index contributed by atoms with van der Waals surface area (Å²) >= 11 is 0. The van der Waals surface area contributed by atoms with Crippen LogP contribution in [0.15, 0.2) is 0 Å². The maximum absolute atomic E-state index is 5.22. The van der Waals surface area contributed by atoms with Crippen LogP contribution in [0.3, 0.4) is 0 Å². The molecule has 4 nitrogen and oxygen atoms in total. The summed E-state index contributed by atoms with van der Waals surface area (Å²) in [6.45, 7) is 11.0. The topological polar surface area (TPSA) is 33.7 Å². The van der Waals surface area contributed by atoms with Crippen molar-refractivity contribution in [3.8, 4) is 0 Å². The van der Waals surface area contributed by atoms with Gasteiger partial charge in [-0.05, 0) is 20.4 Å². The van der Waals surface area contributed by atoms with Crippen LogP contribution in [-0.2, 0) is 9.47 Å². The summed E-state index contributed by atoms with van der Waals surface area (Å²) in [6.07, 6.45) is 0. The number of likely N-dealkylation sites (N-methyl/N-ethyl adjacent to an activating group) is 1. The van der Waals surface area contributed by atoms with Crippen molar-refractivity contribution in [1.29, 1.82) is 0 Å². The van der Waals surface area contributed by atoms with E-state index < -0.39 is 0 Å². The Labute approximate surface area is 100 Å². The molecule has 0 aromatic rings. The Balaban J connectivity index is 4.09. The van der Waals surface area contributed by atoms with Gasteiger partial charge in [0.1, 0.15) is 0 Å². The normalized spacial score (nSPS) is 13.7. The molecule has 0 spiro atoms. The van der Waals surface area contributed by atoms with E-state index in [1.807, 2.05) is 0 Å². The number of rotatable bonds is 10. The second-order valence-corrected chi connectivity index (χ2v) is 4.29. The summed E-state index contributed by atoms with van der Waals surface area (Å²) in [6, 6.07) is 0.933. The molecule has 0 aliphatic heterocycles. The minimum absolute atomic E-state index is 0.397. The van der Waals surface area contributed by atoms with Gasteiger partial charge in [-0.3, -0.25) is 4.90 Å². The Hall–Kier alpha value is -0.160. The monoisotopic (exact) mass is 232 g/mol. The number of nitrogens with zero attached hydrogens (tertiary/aromatic N) is 1. The molecule has 16 heavy (non-hydrogen) atoms. The second-order valence-electron chi connectivity index (χ2n) is 4.29. The molecule has 0 aromatic heterocycles. The van der Waals surface area contributed by atoms with Crippen molar-refractivity contribution >= 4 is 0 Å². The first-order chi connectivity index (χ1) is 7.65. The highest BCUT2D eigenvalue weighted by Gasteiger charge is 2.15. The zero-order chi connectivity index (χ0) is 12.4. The molecule has 0 heterocycles. The highest BCUT2D eigenvalue weighted by Crippen LogP contribution is 2.00. The van der Waals surface area contributed by atoms with Crippen molar-refractivity contribution in [2.75, 3.05) is 47.1 Å². The minimum Gasteiger partial charge on any atom is -0.383 e. The van der Waals surface area contributed by atoms with E-state index in [2.05, 4.69) is 31.0 Å². The zero-order valence-corrected chi connectivity index (χ0v) is 11.5. The SMILES string of the molecule is CCNC(COC)CN(CCOC)C(C)C. The average Bonchev–Trinajstić information content (AvgIpc) is 2.24. The van der Waals surface area contributed by atoms with Gasteiger partial charge < -0.3 is 14.8 Å². The Morgan fingerprint density at radius 2 is 1.88 bits per heavy atom. The lowest BCUT2D eigenvalue weighted by Gasteiger charge is -2.30. The Bertz CT molecular complexity index is 148. The first kappa shape index (κ1) is 15.8. The van der Waals surface area contributed by atoms with Gasteiger partial charge in [-0.2, -0.15) is 0 Å². The van der Waals surface area contributed by atoms with Gasteiger partial charge in [0.2, 0.25) is 0 Å². The third-order valence-corrected chi connectivity index (χ3v) is 2.63. The smallest absolute Gasteiger partial charge is 0.0628 e. The van der Waals surface area contributed by atoms with Crippen molar-refractivity contribution in [1.82, 2.24) is 10.2 Å². The van der Waals surface area contributed by atoms with Crippen molar-refractivity contribution in [2.45, 2.75) is 32.9 Å². The van der Waals surface area contributed by atoms with Gasteiger partial charge in [0.25, 0.3) is 0 Å². The molecule has 1 atom stereocenters. The number of hydrogen-bond donors (Lipinski definition) is 1. The van der Waals surface area contributed by atoms with Crippen LogP contribution >= 0.6 is 0 Å². The van der Waals surface area contributed by atoms with Gasteiger partial charge in [-0.25, -0.2) is 0 Å². The number of hydrogen-bond acceptors (Lipinski definition) is 4. The quantitative estimate of drug-likeness (QED) is 0.608. The Kier molecular flexibility index (Phi) is 9.92. The lowest BCUT2D eigenvalue weighted by atomic mass is 10.2. The van der Waals surface area contributed by atoms with Crippen molar-refractivity contribution < 1.29 is 9.47 Å². The molecule has 0 bridgehead atoms. The molecule has 1 N–H and O–H groups in total. The van der Waals surface area contributed by atoms with E-state index in [9.17, 15) is 0 Å². The predicted molar refractivity (Wildman–Crippen MR) is 67.9 cm³/mol. The van der Waals surface area contributed by atoms with Crippen LogP contribution in [0.2, 0.25) is 0 Å². The maximum Gasteiger partial charge on any atom is 0.0628 e. The summed E-state index contributed by atoms with van der Waals surface area (Å²) in [7, 11) is 3.49. The van der Waals surface area contributed by atoms with E-state index in [1.165, 1.54) is 0 Å². The molecule has 98 valence electrons. The first-order valence-corrected chi connectivity index (χ1v) is 6.11. The highest BCUT2D eigenvalue weighted by molar-refractivity contribution is 4.73. The Morgan fingerprint density at radius 3 is 2.31 bits per heavy atom. The standard InChI is InChI=1S/C12H28N2O2/c1-6-13-12(10-16-5)9-14(11(2)3)7-8-15-4/h11-13H,6-10H2,1-5H3. The van der Waals surface area contributed by atoms with Gasteiger partial charge in [-0.1, -0.05) is 6.92 Å². The minimum atomic E-state index is 0.397. The van der Waals surface area contributed by atoms with E-state index in [4.69, 9.17) is 9.47 Å². The molecule has 0 saturated carbocycles. The molecule has 4 heteroatoms. The molecule has 0 aliphatic carbocycles. The maximum atomic E-state index is 5.22. The van der Waals surface area contributed by atoms with Gasteiger partial charge in [0.05, 0.1) is 13.2 Å². The molecule has 0 aromatic carbocycles. The fourth-order valence-corrected chi connectivity index (χ4v) is 1.72. The first-order valence-electron chi connectivity index (χ1n) is 6.11. The second kappa shape index (κ2) is 10.0. The molecule has 0 saturated heterocycles. The molecule has 1 unspecified atom stereocenters. The fourth-order valence-electron chi connectivity index (χ4n) is 1.72. The highest BCUT2D eigenvalue weighted by atomic mass is 16.5. The van der Waals surface area contributed by atoms with Crippen LogP contribution in [0.1, 0.15) is 20.8 Å². The molecule has 0 amide bonds. The summed E-state index contributed by atoms with van der Waals surface area (Å²) in [4.78, 5) is 2.41. The number of ether oxygens (including phenoxy) is 2. The molecule has 0 aliphatic rings. The van der Waals surface area contributed by atoms with E-state index >= 15 is 0 Å².